The zero-order valence-corrected chi connectivity index (χ0v) is 12.0. The van der Waals surface area contributed by atoms with Crippen LogP contribution in [0, 0.1) is 12.7 Å². The third kappa shape index (κ3) is 2.30. The van der Waals surface area contributed by atoms with Crippen molar-refractivity contribution < 1.29 is 4.39 Å². The molecule has 96 valence electrons. The summed E-state index contributed by atoms with van der Waals surface area (Å²) in [4.78, 5) is 0. The smallest absolute Gasteiger partial charge is 0.125 e. The zero-order chi connectivity index (χ0) is 13.3. The van der Waals surface area contributed by atoms with Crippen molar-refractivity contribution in [1.29, 1.82) is 0 Å². The molecule has 0 spiro atoms. The summed E-state index contributed by atoms with van der Waals surface area (Å²) in [6.07, 6.45) is 0. The molecule has 1 aromatic carbocycles. The van der Waals surface area contributed by atoms with E-state index in [1.807, 2.05) is 20.9 Å². The van der Waals surface area contributed by atoms with Gasteiger partial charge in [0.2, 0.25) is 0 Å². The number of nitrogens with one attached hydrogen (secondary N) is 1. The van der Waals surface area contributed by atoms with Crippen LogP contribution in [-0.2, 0) is 0 Å². The fourth-order valence-corrected chi connectivity index (χ4v) is 2.17. The largest absolute Gasteiger partial charge is 0.312 e. The van der Waals surface area contributed by atoms with Crippen LogP contribution in [0.4, 0.5) is 4.39 Å². The number of halogens is 2. The number of hydrogen-bond acceptors (Lipinski definition) is 3. The lowest BCUT2D eigenvalue weighted by atomic mass is 10.2. The molecular formula is C12H14BrFN4. The second-order valence-corrected chi connectivity index (χ2v) is 4.93. The van der Waals surface area contributed by atoms with E-state index in [9.17, 15) is 4.39 Å². The Bertz CT molecular complexity index is 567. The van der Waals surface area contributed by atoms with Crippen LogP contribution in [-0.4, -0.2) is 22.0 Å². The molecule has 6 heteroatoms. The highest BCUT2D eigenvalue weighted by atomic mass is 79.9. The molecular weight excluding hydrogens is 299 g/mol. The summed E-state index contributed by atoms with van der Waals surface area (Å²) in [7, 11) is 1.86. The minimum absolute atomic E-state index is 0.103. The Morgan fingerprint density at radius 1 is 1.44 bits per heavy atom. The van der Waals surface area contributed by atoms with Crippen molar-refractivity contribution in [1.82, 2.24) is 20.3 Å². The molecule has 0 bridgehead atoms. The lowest BCUT2D eigenvalue weighted by Crippen LogP contribution is -2.14. The Morgan fingerprint density at radius 2 is 2.17 bits per heavy atom. The quantitative estimate of drug-likeness (QED) is 0.947. The van der Waals surface area contributed by atoms with Gasteiger partial charge in [0, 0.05) is 10.5 Å². The molecule has 2 aromatic rings. The van der Waals surface area contributed by atoms with Crippen LogP contribution in [0.1, 0.15) is 24.4 Å². The molecule has 1 N–H and O–H groups in total. The average molecular weight is 313 g/mol. The van der Waals surface area contributed by atoms with Gasteiger partial charge < -0.3 is 5.32 Å². The maximum atomic E-state index is 13.3. The van der Waals surface area contributed by atoms with Crippen LogP contribution < -0.4 is 5.32 Å². The first-order valence-electron chi connectivity index (χ1n) is 5.59. The van der Waals surface area contributed by atoms with E-state index < -0.39 is 0 Å². The van der Waals surface area contributed by atoms with Crippen molar-refractivity contribution in [2.24, 2.45) is 0 Å². The summed E-state index contributed by atoms with van der Waals surface area (Å²) in [5, 5.41) is 11.3. The number of rotatable bonds is 3. The highest BCUT2D eigenvalue weighted by molar-refractivity contribution is 9.10. The molecule has 4 nitrogen and oxygen atoms in total. The van der Waals surface area contributed by atoms with Gasteiger partial charge in [-0.25, -0.2) is 9.07 Å². The second-order valence-electron chi connectivity index (χ2n) is 4.08. The van der Waals surface area contributed by atoms with Crippen molar-refractivity contribution in [2.75, 3.05) is 7.05 Å². The van der Waals surface area contributed by atoms with Gasteiger partial charge in [0.25, 0.3) is 0 Å². The molecule has 1 unspecified atom stereocenters. The summed E-state index contributed by atoms with van der Waals surface area (Å²) in [6.45, 7) is 3.92. The van der Waals surface area contributed by atoms with Crippen LogP contribution in [0.3, 0.4) is 0 Å². The highest BCUT2D eigenvalue weighted by Crippen LogP contribution is 2.24. The van der Waals surface area contributed by atoms with Gasteiger partial charge in [-0.1, -0.05) is 5.21 Å². The number of nitrogens with zero attached hydrogens (tertiary/aromatic N) is 3. The minimum atomic E-state index is -0.300. The van der Waals surface area contributed by atoms with Crippen molar-refractivity contribution >= 4 is 15.9 Å². The van der Waals surface area contributed by atoms with E-state index in [-0.39, 0.29) is 11.9 Å². The molecule has 0 fully saturated rings. The Hall–Kier alpha value is -1.27. The maximum absolute atomic E-state index is 13.3. The first-order chi connectivity index (χ1) is 8.54. The zero-order valence-electron chi connectivity index (χ0n) is 10.4. The average Bonchev–Trinajstić information content (AvgIpc) is 2.73. The monoisotopic (exact) mass is 312 g/mol. The molecule has 0 saturated carbocycles. The first kappa shape index (κ1) is 13.2. The molecule has 0 amide bonds. The van der Waals surface area contributed by atoms with Crippen molar-refractivity contribution in [3.63, 3.8) is 0 Å². The van der Waals surface area contributed by atoms with Gasteiger partial charge in [0.1, 0.15) is 11.5 Å². The number of benzene rings is 1. The van der Waals surface area contributed by atoms with E-state index >= 15 is 0 Å². The van der Waals surface area contributed by atoms with Gasteiger partial charge in [-0.15, -0.1) is 5.10 Å². The Kier molecular flexibility index (Phi) is 3.77. The molecule has 1 aromatic heterocycles. The van der Waals surface area contributed by atoms with E-state index in [2.05, 4.69) is 31.6 Å². The molecule has 0 aliphatic heterocycles. The van der Waals surface area contributed by atoms with E-state index in [0.29, 0.717) is 5.69 Å². The molecule has 0 radical (unpaired) electrons. The van der Waals surface area contributed by atoms with E-state index in [4.69, 9.17) is 0 Å². The fourth-order valence-electron chi connectivity index (χ4n) is 1.75. The molecule has 2 rings (SSSR count). The van der Waals surface area contributed by atoms with Gasteiger partial charge in [0.15, 0.2) is 0 Å². The Morgan fingerprint density at radius 3 is 2.83 bits per heavy atom. The van der Waals surface area contributed by atoms with Crippen LogP contribution in [0.2, 0.25) is 0 Å². The highest BCUT2D eigenvalue weighted by Gasteiger charge is 2.16. The van der Waals surface area contributed by atoms with Gasteiger partial charge in [-0.05, 0) is 49.0 Å². The first-order valence-corrected chi connectivity index (χ1v) is 6.38. The Labute approximate surface area is 113 Å². The fraction of sp³-hybridized carbons (Fsp3) is 0.333. The molecule has 1 atom stereocenters. The predicted octanol–water partition coefficient (Wildman–Crippen LogP) is 2.76. The number of aromatic nitrogens is 3. The van der Waals surface area contributed by atoms with Gasteiger partial charge in [-0.2, -0.15) is 0 Å². The lowest BCUT2D eigenvalue weighted by molar-refractivity contribution is 0.623. The van der Waals surface area contributed by atoms with Crippen molar-refractivity contribution in [3.8, 4) is 5.69 Å². The summed E-state index contributed by atoms with van der Waals surface area (Å²) in [5.74, 6) is -0.300. The molecule has 0 aliphatic carbocycles. The van der Waals surface area contributed by atoms with E-state index in [0.717, 1.165) is 15.9 Å². The molecule has 0 saturated heterocycles. The van der Waals surface area contributed by atoms with E-state index in [1.54, 1.807) is 10.7 Å². The lowest BCUT2D eigenvalue weighted by Gasteiger charge is -2.09. The van der Waals surface area contributed by atoms with Crippen molar-refractivity contribution in [2.45, 2.75) is 19.9 Å². The van der Waals surface area contributed by atoms with Crippen LogP contribution in [0.15, 0.2) is 22.7 Å². The second kappa shape index (κ2) is 5.16. The predicted molar refractivity (Wildman–Crippen MR) is 71.2 cm³/mol. The minimum Gasteiger partial charge on any atom is -0.312 e. The van der Waals surface area contributed by atoms with E-state index in [1.165, 1.54) is 12.1 Å². The standard InChI is InChI=1S/C12H14BrFN4/c1-7(15-3)12-8(2)18(17-16-12)11-6-9(14)4-5-10(11)13/h4-7,15H,1-3H3. The van der Waals surface area contributed by atoms with Crippen LogP contribution in [0.5, 0.6) is 0 Å². The molecule has 18 heavy (non-hydrogen) atoms. The SMILES string of the molecule is CNC(C)c1nnn(-c2cc(F)ccc2Br)c1C. The van der Waals surface area contributed by atoms with Gasteiger partial charge >= 0.3 is 0 Å². The van der Waals surface area contributed by atoms with Crippen molar-refractivity contribution in [3.05, 3.63) is 39.9 Å². The molecule has 0 aliphatic rings. The van der Waals surface area contributed by atoms with Gasteiger partial charge in [0.05, 0.1) is 17.4 Å². The summed E-state index contributed by atoms with van der Waals surface area (Å²) < 4.78 is 15.7. The third-order valence-corrected chi connectivity index (χ3v) is 3.58. The maximum Gasteiger partial charge on any atom is 0.125 e. The normalized spacial score (nSPS) is 12.7. The summed E-state index contributed by atoms with van der Waals surface area (Å²) >= 11 is 3.39. The van der Waals surface area contributed by atoms with Crippen LogP contribution in [0.25, 0.3) is 5.69 Å². The van der Waals surface area contributed by atoms with Crippen LogP contribution >= 0.6 is 15.9 Å². The Balaban J connectivity index is 2.52. The van der Waals surface area contributed by atoms with Gasteiger partial charge in [-0.3, -0.25) is 0 Å². The number of hydrogen-bond donors (Lipinski definition) is 1. The topological polar surface area (TPSA) is 42.7 Å². The summed E-state index contributed by atoms with van der Waals surface area (Å²) in [5.41, 5.74) is 2.39. The third-order valence-electron chi connectivity index (χ3n) is 2.91. The summed E-state index contributed by atoms with van der Waals surface area (Å²) in [6, 6.07) is 4.59. The molecule has 1 heterocycles.